The highest BCUT2D eigenvalue weighted by Crippen LogP contribution is 2.18. The van der Waals surface area contributed by atoms with Crippen LogP contribution in [-0.4, -0.2) is 46.9 Å². The van der Waals surface area contributed by atoms with Crippen LogP contribution in [-0.2, 0) is 14.3 Å². The van der Waals surface area contributed by atoms with Gasteiger partial charge < -0.3 is 20.3 Å². The SMILES string of the molecule is CCCCCCC/C=C/C=C/C=C/CCCCCCCC(=O)OC(CCCCC/C=C/CCCCCCCCCCC)CC(=O)NC(CO)C(O)CCCCCCCCCCCCCCCCC. The molecule has 0 saturated heterocycles. The summed E-state index contributed by atoms with van der Waals surface area (Å²) >= 11 is 0. The summed E-state index contributed by atoms with van der Waals surface area (Å²) in [4.78, 5) is 26.3. The molecular formula is C62H115NO5. The van der Waals surface area contributed by atoms with Crippen molar-refractivity contribution >= 4 is 11.9 Å². The second-order valence-electron chi connectivity index (χ2n) is 20.5. The molecule has 0 aromatic carbocycles. The molecule has 0 aliphatic carbocycles. The van der Waals surface area contributed by atoms with Crippen LogP contribution in [0.15, 0.2) is 48.6 Å². The van der Waals surface area contributed by atoms with Crippen molar-refractivity contribution in [1.29, 1.82) is 0 Å². The van der Waals surface area contributed by atoms with Crippen LogP contribution in [0.5, 0.6) is 0 Å². The Bertz CT molecular complexity index is 1160. The van der Waals surface area contributed by atoms with E-state index in [2.05, 4.69) is 74.7 Å². The van der Waals surface area contributed by atoms with Crippen LogP contribution >= 0.6 is 0 Å². The van der Waals surface area contributed by atoms with Crippen molar-refractivity contribution in [1.82, 2.24) is 5.32 Å². The van der Waals surface area contributed by atoms with Crippen molar-refractivity contribution in [3.63, 3.8) is 0 Å². The monoisotopic (exact) mass is 954 g/mol. The van der Waals surface area contributed by atoms with Crippen LogP contribution in [0.2, 0.25) is 0 Å². The van der Waals surface area contributed by atoms with Gasteiger partial charge in [0.15, 0.2) is 0 Å². The molecule has 0 aliphatic heterocycles. The number of ether oxygens (including phenoxy) is 1. The number of hydrogen-bond donors (Lipinski definition) is 3. The lowest BCUT2D eigenvalue weighted by atomic mass is 10.0. The molecule has 0 saturated carbocycles. The molecule has 0 rings (SSSR count). The fraction of sp³-hybridized carbons (Fsp3) is 0.839. The normalized spacial score (nSPS) is 13.4. The molecule has 1 amide bonds. The first kappa shape index (κ1) is 65.8. The molecule has 0 aliphatic rings. The summed E-state index contributed by atoms with van der Waals surface area (Å²) in [6.45, 7) is 6.49. The molecule has 68 heavy (non-hydrogen) atoms. The Kier molecular flexibility index (Phi) is 54.0. The number of esters is 1. The molecule has 0 spiro atoms. The Morgan fingerprint density at radius 1 is 0.426 bits per heavy atom. The van der Waals surface area contributed by atoms with Crippen molar-refractivity contribution in [3.05, 3.63) is 48.6 Å². The number of rotatable bonds is 54. The summed E-state index contributed by atoms with van der Waals surface area (Å²) in [5.74, 6) is -0.500. The first-order chi connectivity index (χ1) is 33.5. The van der Waals surface area contributed by atoms with Gasteiger partial charge in [0.2, 0.25) is 5.91 Å². The molecule has 3 atom stereocenters. The standard InChI is InChI=1S/C62H115NO5/c1-4-7-10-13-16-19-22-25-28-30-31-34-37-40-43-46-49-52-55-62(67)68-58(53-50-47-44-41-38-35-33-29-26-23-20-17-14-11-8-5-2)56-61(66)63-59(57-64)60(65)54-51-48-45-42-39-36-32-27-24-21-18-15-12-9-6-3/h22,25,28,30-31,34-35,38,58-60,64-65H,4-21,23-24,26-27,29,32-33,36-37,39-57H2,1-3H3,(H,63,66)/b25-22+,30-28+,34-31+,38-35+. The summed E-state index contributed by atoms with van der Waals surface area (Å²) < 4.78 is 5.96. The van der Waals surface area contributed by atoms with Crippen LogP contribution in [0, 0.1) is 0 Å². The molecule has 0 fully saturated rings. The number of nitrogens with one attached hydrogen (secondary N) is 1. The minimum absolute atomic E-state index is 0.0602. The average Bonchev–Trinajstić information content (AvgIpc) is 3.33. The van der Waals surface area contributed by atoms with Crippen molar-refractivity contribution in [2.24, 2.45) is 0 Å². The third-order valence-electron chi connectivity index (χ3n) is 13.7. The summed E-state index contributed by atoms with van der Waals surface area (Å²) in [5.41, 5.74) is 0. The molecule has 6 heteroatoms. The average molecular weight is 955 g/mol. The quantitative estimate of drug-likeness (QED) is 0.0244. The Morgan fingerprint density at radius 2 is 0.765 bits per heavy atom. The number of aliphatic hydroxyl groups excluding tert-OH is 2. The van der Waals surface area contributed by atoms with Gasteiger partial charge in [-0.3, -0.25) is 9.59 Å². The van der Waals surface area contributed by atoms with E-state index >= 15 is 0 Å². The van der Waals surface area contributed by atoms with Gasteiger partial charge in [-0.2, -0.15) is 0 Å². The number of amides is 1. The molecule has 3 unspecified atom stereocenters. The highest BCUT2D eigenvalue weighted by molar-refractivity contribution is 5.77. The van der Waals surface area contributed by atoms with Crippen LogP contribution in [0.4, 0.5) is 0 Å². The summed E-state index contributed by atoms with van der Waals surface area (Å²) in [7, 11) is 0. The maximum Gasteiger partial charge on any atom is 0.306 e. The number of allylic oxidation sites excluding steroid dienone is 8. The van der Waals surface area contributed by atoms with Crippen LogP contribution in [0.3, 0.4) is 0 Å². The third kappa shape index (κ3) is 50.2. The highest BCUT2D eigenvalue weighted by atomic mass is 16.5. The predicted molar refractivity (Wildman–Crippen MR) is 296 cm³/mol. The smallest absolute Gasteiger partial charge is 0.306 e. The van der Waals surface area contributed by atoms with Gasteiger partial charge in [0.05, 0.1) is 25.2 Å². The maximum absolute atomic E-state index is 13.3. The lowest BCUT2D eigenvalue weighted by Gasteiger charge is -2.24. The van der Waals surface area contributed by atoms with Crippen molar-refractivity contribution < 1.29 is 24.5 Å². The number of unbranched alkanes of at least 4 members (excludes halogenated alkanes) is 36. The maximum atomic E-state index is 13.3. The molecule has 398 valence electrons. The summed E-state index contributed by atoms with van der Waals surface area (Å²) in [6, 6.07) is -0.711. The third-order valence-corrected chi connectivity index (χ3v) is 13.7. The Hall–Kier alpha value is -2.18. The van der Waals surface area contributed by atoms with Crippen LogP contribution in [0.25, 0.3) is 0 Å². The van der Waals surface area contributed by atoms with Crippen molar-refractivity contribution in [2.75, 3.05) is 6.61 Å². The van der Waals surface area contributed by atoms with Gasteiger partial charge in [-0.1, -0.05) is 268 Å². The minimum Gasteiger partial charge on any atom is -0.462 e. The number of carbonyl (C=O) groups is 2. The lowest BCUT2D eigenvalue weighted by molar-refractivity contribution is -0.151. The van der Waals surface area contributed by atoms with E-state index in [0.29, 0.717) is 19.3 Å². The van der Waals surface area contributed by atoms with E-state index in [1.165, 1.54) is 180 Å². The second-order valence-corrected chi connectivity index (χ2v) is 20.5. The Morgan fingerprint density at radius 3 is 1.18 bits per heavy atom. The molecule has 0 aromatic heterocycles. The lowest BCUT2D eigenvalue weighted by Crippen LogP contribution is -2.46. The van der Waals surface area contributed by atoms with E-state index in [1.807, 2.05) is 0 Å². The molecule has 0 bridgehead atoms. The number of carbonyl (C=O) groups excluding carboxylic acids is 2. The summed E-state index contributed by atoms with van der Waals surface area (Å²) in [6.07, 6.45) is 68.9. The Labute approximate surface area is 423 Å². The number of aliphatic hydroxyl groups is 2. The van der Waals surface area contributed by atoms with Gasteiger partial charge in [-0.25, -0.2) is 0 Å². The van der Waals surface area contributed by atoms with E-state index in [-0.39, 0.29) is 24.9 Å². The largest absolute Gasteiger partial charge is 0.462 e. The van der Waals surface area contributed by atoms with E-state index in [9.17, 15) is 19.8 Å². The zero-order chi connectivity index (χ0) is 49.5. The molecule has 0 aromatic rings. The zero-order valence-corrected chi connectivity index (χ0v) is 45.5. The van der Waals surface area contributed by atoms with E-state index < -0.39 is 18.2 Å². The molecule has 3 N–H and O–H groups in total. The van der Waals surface area contributed by atoms with Crippen molar-refractivity contribution in [2.45, 2.75) is 328 Å². The zero-order valence-electron chi connectivity index (χ0n) is 45.5. The van der Waals surface area contributed by atoms with Crippen LogP contribution in [0.1, 0.15) is 310 Å². The fourth-order valence-electron chi connectivity index (χ4n) is 9.13. The van der Waals surface area contributed by atoms with E-state index in [4.69, 9.17) is 4.74 Å². The molecular weight excluding hydrogens is 839 g/mol. The van der Waals surface area contributed by atoms with Gasteiger partial charge in [-0.05, 0) is 77.0 Å². The topological polar surface area (TPSA) is 95.9 Å². The first-order valence-electron chi connectivity index (χ1n) is 29.9. The highest BCUT2D eigenvalue weighted by Gasteiger charge is 2.24. The molecule has 0 radical (unpaired) electrons. The van der Waals surface area contributed by atoms with Gasteiger partial charge >= 0.3 is 5.97 Å². The summed E-state index contributed by atoms with van der Waals surface area (Å²) in [5, 5.41) is 23.9. The molecule has 6 nitrogen and oxygen atoms in total. The second kappa shape index (κ2) is 55.7. The first-order valence-corrected chi connectivity index (χ1v) is 29.9. The minimum atomic E-state index is -0.796. The number of hydrogen-bond acceptors (Lipinski definition) is 5. The van der Waals surface area contributed by atoms with Gasteiger partial charge in [0.25, 0.3) is 0 Å². The predicted octanol–water partition coefficient (Wildman–Crippen LogP) is 18.6. The van der Waals surface area contributed by atoms with Gasteiger partial charge in [0.1, 0.15) is 6.10 Å². The van der Waals surface area contributed by atoms with Gasteiger partial charge in [-0.15, -0.1) is 0 Å². The fourth-order valence-corrected chi connectivity index (χ4v) is 9.13. The van der Waals surface area contributed by atoms with Crippen molar-refractivity contribution in [3.8, 4) is 0 Å². The van der Waals surface area contributed by atoms with E-state index in [0.717, 1.165) is 83.5 Å². The van der Waals surface area contributed by atoms with E-state index in [1.54, 1.807) is 0 Å². The van der Waals surface area contributed by atoms with Crippen LogP contribution < -0.4 is 5.32 Å². The Balaban J connectivity index is 4.60. The van der Waals surface area contributed by atoms with Gasteiger partial charge in [0, 0.05) is 6.42 Å². The molecule has 0 heterocycles.